The molecule has 1 atom stereocenters. The molecule has 0 bridgehead atoms. The molecule has 1 saturated carbocycles. The predicted octanol–water partition coefficient (Wildman–Crippen LogP) is 5.25. The lowest BCUT2D eigenvalue weighted by molar-refractivity contribution is 0.0779. The van der Waals surface area contributed by atoms with E-state index in [1.165, 1.54) is 19.3 Å². The minimum atomic E-state index is -0.207. The summed E-state index contributed by atoms with van der Waals surface area (Å²) in [5, 5.41) is 14.0. The van der Waals surface area contributed by atoms with Gasteiger partial charge in [0.05, 0.1) is 11.6 Å². The number of nitrogens with zero attached hydrogens (tertiary/aromatic N) is 5. The van der Waals surface area contributed by atoms with Crippen LogP contribution in [0.2, 0.25) is 0 Å². The maximum Gasteiger partial charge on any atom is 0.252 e. The second-order valence-electron chi connectivity index (χ2n) is 10.6. The average Bonchev–Trinajstić information content (AvgIpc) is 3.27. The summed E-state index contributed by atoms with van der Waals surface area (Å²) in [6.45, 7) is 11.3. The van der Waals surface area contributed by atoms with Gasteiger partial charge in [0.25, 0.3) is 5.56 Å². The van der Waals surface area contributed by atoms with Crippen LogP contribution in [0.4, 0.5) is 0 Å². The largest absolute Gasteiger partial charge is 0.322 e. The molecule has 7 heteroatoms. The van der Waals surface area contributed by atoms with E-state index in [0.717, 1.165) is 53.5 Å². The zero-order chi connectivity index (χ0) is 23.6. The second-order valence-corrected chi connectivity index (χ2v) is 10.6. The van der Waals surface area contributed by atoms with E-state index in [-0.39, 0.29) is 17.1 Å². The van der Waals surface area contributed by atoms with Gasteiger partial charge in [-0.25, -0.2) is 4.68 Å². The van der Waals surface area contributed by atoms with E-state index >= 15 is 0 Å². The Labute approximate surface area is 196 Å². The highest BCUT2D eigenvalue weighted by Crippen LogP contribution is 2.34. The molecule has 1 N–H and O–H groups in total. The maximum atomic E-state index is 13.1. The summed E-state index contributed by atoms with van der Waals surface area (Å²) < 4.78 is 1.97. The lowest BCUT2D eigenvalue weighted by atomic mass is 9.91. The van der Waals surface area contributed by atoms with Crippen molar-refractivity contribution in [3.8, 4) is 0 Å². The van der Waals surface area contributed by atoms with Gasteiger partial charge >= 0.3 is 0 Å². The zero-order valence-corrected chi connectivity index (χ0v) is 20.8. The molecule has 33 heavy (non-hydrogen) atoms. The van der Waals surface area contributed by atoms with E-state index < -0.39 is 0 Å². The molecule has 1 fully saturated rings. The van der Waals surface area contributed by atoms with E-state index in [4.69, 9.17) is 0 Å². The summed E-state index contributed by atoms with van der Waals surface area (Å²) >= 11 is 0. The van der Waals surface area contributed by atoms with Crippen LogP contribution in [0.5, 0.6) is 0 Å². The van der Waals surface area contributed by atoms with Crippen molar-refractivity contribution in [1.82, 2.24) is 30.1 Å². The fourth-order valence-electron chi connectivity index (χ4n) is 5.18. The number of aromatic amines is 1. The summed E-state index contributed by atoms with van der Waals surface area (Å²) in [6.07, 6.45) is 8.05. The number of nitrogens with one attached hydrogen (secondary N) is 1. The first kappa shape index (κ1) is 23.6. The van der Waals surface area contributed by atoms with Crippen molar-refractivity contribution in [1.29, 1.82) is 0 Å². The Morgan fingerprint density at radius 2 is 1.94 bits per heavy atom. The first-order valence-electron chi connectivity index (χ1n) is 12.4. The van der Waals surface area contributed by atoms with Crippen LogP contribution in [0.1, 0.15) is 95.6 Å². The predicted molar refractivity (Wildman–Crippen MR) is 132 cm³/mol. The molecular formula is C26H38N6O. The van der Waals surface area contributed by atoms with Crippen LogP contribution in [0.25, 0.3) is 10.9 Å². The summed E-state index contributed by atoms with van der Waals surface area (Å²) in [5.41, 5.74) is 2.65. The molecule has 0 spiro atoms. The van der Waals surface area contributed by atoms with Crippen molar-refractivity contribution in [3.63, 3.8) is 0 Å². The molecule has 1 aliphatic rings. The van der Waals surface area contributed by atoms with Crippen molar-refractivity contribution in [2.24, 2.45) is 0 Å². The Balaban J connectivity index is 1.77. The summed E-state index contributed by atoms with van der Waals surface area (Å²) in [5.74, 6) is 0.905. The molecule has 4 rings (SSSR count). The Hall–Kier alpha value is -2.54. The van der Waals surface area contributed by atoms with Gasteiger partial charge in [0.1, 0.15) is 0 Å². The van der Waals surface area contributed by atoms with Crippen molar-refractivity contribution in [2.45, 2.75) is 104 Å². The van der Waals surface area contributed by atoms with Crippen LogP contribution in [0.15, 0.2) is 29.1 Å². The number of hydrogen-bond acceptors (Lipinski definition) is 5. The number of aryl methyl sites for hydroxylation is 1. The highest BCUT2D eigenvalue weighted by Gasteiger charge is 2.34. The minimum absolute atomic E-state index is 0.000397. The molecule has 2 heterocycles. The number of rotatable bonds is 7. The maximum absolute atomic E-state index is 13.1. The number of fused-ring (bicyclic) bond motifs is 1. The van der Waals surface area contributed by atoms with E-state index in [1.807, 2.05) is 17.7 Å². The first-order valence-corrected chi connectivity index (χ1v) is 12.4. The summed E-state index contributed by atoms with van der Waals surface area (Å²) in [7, 11) is 0. The molecule has 0 radical (unpaired) electrons. The number of benzene rings is 1. The molecule has 178 valence electrons. The molecule has 1 aliphatic carbocycles. The van der Waals surface area contributed by atoms with Gasteiger partial charge in [-0.3, -0.25) is 9.69 Å². The third kappa shape index (κ3) is 5.18. The highest BCUT2D eigenvalue weighted by atomic mass is 16.1. The summed E-state index contributed by atoms with van der Waals surface area (Å²) in [6, 6.07) is 8.80. The van der Waals surface area contributed by atoms with Crippen molar-refractivity contribution < 1.29 is 0 Å². The number of hydrogen-bond donors (Lipinski definition) is 1. The topological polar surface area (TPSA) is 79.7 Å². The van der Waals surface area contributed by atoms with Crippen LogP contribution in [-0.4, -0.2) is 36.1 Å². The third-order valence-corrected chi connectivity index (χ3v) is 6.86. The minimum Gasteiger partial charge on any atom is -0.322 e. The average molecular weight is 451 g/mol. The molecule has 0 aliphatic heterocycles. The van der Waals surface area contributed by atoms with Gasteiger partial charge in [-0.05, 0) is 80.5 Å². The van der Waals surface area contributed by atoms with Gasteiger partial charge < -0.3 is 4.98 Å². The first-order chi connectivity index (χ1) is 15.8. The van der Waals surface area contributed by atoms with Crippen LogP contribution in [0.3, 0.4) is 0 Å². The monoisotopic (exact) mass is 450 g/mol. The van der Waals surface area contributed by atoms with Gasteiger partial charge in [0.15, 0.2) is 5.82 Å². The number of pyridine rings is 1. The van der Waals surface area contributed by atoms with Gasteiger partial charge in [-0.1, -0.05) is 44.7 Å². The van der Waals surface area contributed by atoms with Crippen molar-refractivity contribution in [2.75, 3.05) is 0 Å². The van der Waals surface area contributed by atoms with Crippen molar-refractivity contribution >= 4 is 10.9 Å². The van der Waals surface area contributed by atoms with Gasteiger partial charge in [-0.2, -0.15) is 0 Å². The van der Waals surface area contributed by atoms with Crippen LogP contribution in [-0.2, 0) is 12.1 Å². The fraction of sp³-hybridized carbons (Fsp3) is 0.615. The normalized spacial score (nSPS) is 16.5. The second kappa shape index (κ2) is 9.75. The molecule has 0 unspecified atom stereocenters. The molecule has 0 saturated heterocycles. The Morgan fingerprint density at radius 3 is 2.64 bits per heavy atom. The SMILES string of the molecule is CCC[C@H](c1nnnn1C(C)(C)C)N(Cc1cc2ccc(C)cc2[nH]c1=O)C1CCCCC1. The van der Waals surface area contributed by atoms with E-state index in [0.29, 0.717) is 12.6 Å². The molecule has 0 amide bonds. The Morgan fingerprint density at radius 1 is 1.18 bits per heavy atom. The fourth-order valence-corrected chi connectivity index (χ4v) is 5.18. The third-order valence-electron chi connectivity index (χ3n) is 6.86. The molecule has 3 aromatic rings. The zero-order valence-electron chi connectivity index (χ0n) is 20.8. The lowest BCUT2D eigenvalue weighted by Crippen LogP contribution is -2.42. The number of aromatic nitrogens is 5. The standard InChI is InChI=1S/C26H38N6O/c1-6-10-23(24-28-29-30-32(24)26(3,4)5)31(21-11-8-7-9-12-21)17-20-16-19-14-13-18(2)15-22(19)27-25(20)33/h13-16,21,23H,6-12,17H2,1-5H3,(H,27,33)/t23-/m1/s1. The van der Waals surface area contributed by atoms with Gasteiger partial charge in [0.2, 0.25) is 0 Å². The van der Waals surface area contributed by atoms with E-state index in [1.54, 1.807) is 0 Å². The van der Waals surface area contributed by atoms with Crippen LogP contribution < -0.4 is 5.56 Å². The Bertz CT molecular complexity index is 1140. The number of H-pyrrole nitrogens is 1. The quantitative estimate of drug-likeness (QED) is 0.531. The lowest BCUT2D eigenvalue weighted by Gasteiger charge is -2.40. The molecule has 7 nitrogen and oxygen atoms in total. The number of tetrazole rings is 1. The Kier molecular flexibility index (Phi) is 6.98. The van der Waals surface area contributed by atoms with Gasteiger partial charge in [0, 0.05) is 23.7 Å². The smallest absolute Gasteiger partial charge is 0.252 e. The molecule has 2 aromatic heterocycles. The molecule has 1 aromatic carbocycles. The summed E-state index contributed by atoms with van der Waals surface area (Å²) in [4.78, 5) is 18.8. The van der Waals surface area contributed by atoms with Gasteiger partial charge in [-0.15, -0.1) is 5.10 Å². The molecular weight excluding hydrogens is 412 g/mol. The van der Waals surface area contributed by atoms with Crippen LogP contribution in [0, 0.1) is 6.92 Å². The van der Waals surface area contributed by atoms with E-state index in [2.05, 4.69) is 71.3 Å². The van der Waals surface area contributed by atoms with Crippen LogP contribution >= 0.6 is 0 Å². The van der Waals surface area contributed by atoms with E-state index in [9.17, 15) is 4.79 Å². The van der Waals surface area contributed by atoms with Crippen molar-refractivity contribution in [3.05, 3.63) is 51.6 Å². The highest BCUT2D eigenvalue weighted by molar-refractivity contribution is 5.79.